The third kappa shape index (κ3) is 2.30. The van der Waals surface area contributed by atoms with E-state index in [9.17, 15) is 4.39 Å². The maximum absolute atomic E-state index is 13.1. The molecule has 2 aromatic rings. The first-order chi connectivity index (χ1) is 7.47. The maximum atomic E-state index is 13.1. The number of aromatic nitrogens is 1. The monoisotopic (exact) mass is 235 g/mol. The molecule has 1 aromatic carbocycles. The van der Waals surface area contributed by atoms with Crippen LogP contribution in [0, 0.1) is 5.82 Å². The quantitative estimate of drug-likeness (QED) is 0.720. The molecule has 0 aliphatic rings. The molecule has 0 aliphatic carbocycles. The minimum absolute atomic E-state index is 0.0518. The fourth-order valence-electron chi connectivity index (χ4n) is 1.40. The van der Waals surface area contributed by atoms with Crippen LogP contribution in [0.4, 0.5) is 4.39 Å². The van der Waals surface area contributed by atoms with E-state index in [-0.39, 0.29) is 11.2 Å². The Kier molecular flexibility index (Phi) is 2.80. The summed E-state index contributed by atoms with van der Waals surface area (Å²) in [7, 11) is 0. The van der Waals surface area contributed by atoms with Gasteiger partial charge >= 0.3 is 0 Å². The Morgan fingerprint density at radius 1 is 1.25 bits per heavy atom. The average molecular weight is 235 g/mol. The van der Waals surface area contributed by atoms with Crippen LogP contribution < -0.4 is 0 Å². The first-order valence-electron chi connectivity index (χ1n) is 5.19. The summed E-state index contributed by atoms with van der Waals surface area (Å²) < 4.78 is 13.1. The maximum Gasteiger partial charge on any atom is 0.123 e. The molecule has 0 aliphatic heterocycles. The highest BCUT2D eigenvalue weighted by molar-refractivity contribution is 7.10. The second kappa shape index (κ2) is 3.98. The van der Waals surface area contributed by atoms with Crippen LogP contribution in [0.1, 0.15) is 25.8 Å². The lowest BCUT2D eigenvalue weighted by Crippen LogP contribution is -2.10. The van der Waals surface area contributed by atoms with Crippen LogP contribution in [0.5, 0.6) is 0 Å². The lowest BCUT2D eigenvalue weighted by atomic mass is 9.98. The van der Waals surface area contributed by atoms with Crippen molar-refractivity contribution in [3.63, 3.8) is 0 Å². The number of halogens is 1. The molecule has 0 unspecified atom stereocenters. The zero-order chi connectivity index (χ0) is 11.8. The zero-order valence-electron chi connectivity index (χ0n) is 9.62. The lowest BCUT2D eigenvalue weighted by molar-refractivity contribution is 0.586. The molecule has 0 amide bonds. The fraction of sp³-hybridized carbons (Fsp3) is 0.308. The summed E-state index contributed by atoms with van der Waals surface area (Å²) in [5.41, 5.74) is 1.75. The van der Waals surface area contributed by atoms with E-state index in [1.165, 1.54) is 12.1 Å². The number of benzene rings is 1. The van der Waals surface area contributed by atoms with Crippen LogP contribution in [-0.2, 0) is 5.41 Å². The molecule has 1 heterocycles. The predicted molar refractivity (Wildman–Crippen MR) is 66.2 cm³/mol. The number of rotatable bonds is 1. The highest BCUT2D eigenvalue weighted by Gasteiger charge is 2.18. The predicted octanol–water partition coefficient (Wildman–Crippen LogP) is 4.25. The Morgan fingerprint density at radius 3 is 2.56 bits per heavy atom. The summed E-state index contributed by atoms with van der Waals surface area (Å²) >= 11 is 1.62. The van der Waals surface area contributed by atoms with E-state index in [2.05, 4.69) is 25.8 Å². The summed E-state index contributed by atoms with van der Waals surface area (Å²) in [6, 6.07) is 6.55. The van der Waals surface area contributed by atoms with Gasteiger partial charge in [0.15, 0.2) is 0 Å². The van der Waals surface area contributed by atoms with Crippen molar-refractivity contribution in [2.45, 2.75) is 26.2 Å². The van der Waals surface area contributed by atoms with Gasteiger partial charge in [0.1, 0.15) is 5.82 Å². The van der Waals surface area contributed by atoms with Gasteiger partial charge in [-0.3, -0.25) is 0 Å². The van der Waals surface area contributed by atoms with E-state index in [0.29, 0.717) is 0 Å². The molecule has 0 atom stereocenters. The van der Waals surface area contributed by atoms with Crippen molar-refractivity contribution in [1.82, 2.24) is 4.98 Å². The molecular formula is C13H14FNS. The van der Waals surface area contributed by atoms with Gasteiger partial charge in [0.05, 0.1) is 10.7 Å². The molecule has 0 fully saturated rings. The van der Waals surface area contributed by atoms with Gasteiger partial charge in [-0.2, -0.15) is 0 Å². The van der Waals surface area contributed by atoms with Crippen molar-refractivity contribution < 1.29 is 4.39 Å². The van der Waals surface area contributed by atoms with Gasteiger partial charge in [0.2, 0.25) is 0 Å². The van der Waals surface area contributed by atoms with Gasteiger partial charge in [0.25, 0.3) is 0 Å². The molecule has 1 nitrogen and oxygen atoms in total. The third-order valence-electron chi connectivity index (χ3n) is 2.27. The third-order valence-corrected chi connectivity index (χ3v) is 3.53. The van der Waals surface area contributed by atoms with Crippen LogP contribution in [0.15, 0.2) is 29.6 Å². The molecule has 2 rings (SSSR count). The Bertz CT molecular complexity index is 497. The summed E-state index contributed by atoms with van der Waals surface area (Å²) in [5, 5.41) is 3.06. The van der Waals surface area contributed by atoms with Gasteiger partial charge in [-0.25, -0.2) is 9.37 Å². The Hall–Kier alpha value is -1.22. The highest BCUT2D eigenvalue weighted by Crippen LogP contribution is 2.29. The van der Waals surface area contributed by atoms with E-state index in [0.717, 1.165) is 16.3 Å². The zero-order valence-corrected chi connectivity index (χ0v) is 10.4. The average Bonchev–Trinajstić information content (AvgIpc) is 2.65. The van der Waals surface area contributed by atoms with Crippen LogP contribution >= 0.6 is 11.3 Å². The Labute approximate surface area is 99.0 Å². The molecule has 0 saturated carbocycles. The molecule has 84 valence electrons. The van der Waals surface area contributed by atoms with E-state index < -0.39 is 0 Å². The Balaban J connectivity index is 2.39. The second-order valence-corrected chi connectivity index (χ2v) is 5.66. The molecule has 0 saturated heterocycles. The van der Waals surface area contributed by atoms with Crippen LogP contribution in [0.25, 0.3) is 11.3 Å². The molecular weight excluding hydrogens is 221 g/mol. The lowest BCUT2D eigenvalue weighted by Gasteiger charge is -2.13. The largest absolute Gasteiger partial charge is 0.241 e. The van der Waals surface area contributed by atoms with Gasteiger partial charge in [0, 0.05) is 16.4 Å². The minimum Gasteiger partial charge on any atom is -0.241 e. The van der Waals surface area contributed by atoms with Crippen LogP contribution in [0.3, 0.4) is 0 Å². The number of nitrogens with zero attached hydrogens (tertiary/aromatic N) is 1. The SMILES string of the molecule is CC(C)(C)c1nc(-c2cccc(F)c2)cs1. The number of hydrogen-bond acceptors (Lipinski definition) is 2. The van der Waals surface area contributed by atoms with Crippen molar-refractivity contribution in [1.29, 1.82) is 0 Å². The van der Waals surface area contributed by atoms with Gasteiger partial charge < -0.3 is 0 Å². The Morgan fingerprint density at radius 2 is 2.00 bits per heavy atom. The van der Waals surface area contributed by atoms with E-state index in [4.69, 9.17) is 0 Å². The van der Waals surface area contributed by atoms with Gasteiger partial charge in [-0.1, -0.05) is 32.9 Å². The molecule has 1 aromatic heterocycles. The van der Waals surface area contributed by atoms with Crippen molar-refractivity contribution in [3.05, 3.63) is 40.5 Å². The van der Waals surface area contributed by atoms with Crippen molar-refractivity contribution in [2.24, 2.45) is 0 Å². The molecule has 16 heavy (non-hydrogen) atoms. The normalized spacial score (nSPS) is 11.8. The molecule has 0 radical (unpaired) electrons. The first-order valence-corrected chi connectivity index (χ1v) is 6.07. The minimum atomic E-state index is -0.220. The number of hydrogen-bond donors (Lipinski definition) is 0. The number of thiazole rings is 1. The topological polar surface area (TPSA) is 12.9 Å². The summed E-state index contributed by atoms with van der Waals surface area (Å²) in [4.78, 5) is 4.54. The van der Waals surface area contributed by atoms with E-state index in [1.54, 1.807) is 17.4 Å². The van der Waals surface area contributed by atoms with Crippen molar-refractivity contribution in [2.75, 3.05) is 0 Å². The summed E-state index contributed by atoms with van der Waals surface area (Å²) in [5.74, 6) is -0.220. The standard InChI is InChI=1S/C13H14FNS/c1-13(2,3)12-15-11(8-16-12)9-5-4-6-10(14)7-9/h4-8H,1-3H3. The van der Waals surface area contributed by atoms with Crippen LogP contribution in [-0.4, -0.2) is 4.98 Å². The van der Waals surface area contributed by atoms with E-state index in [1.807, 2.05) is 11.4 Å². The fourth-order valence-corrected chi connectivity index (χ4v) is 2.32. The molecule has 0 spiro atoms. The molecule has 0 bridgehead atoms. The smallest absolute Gasteiger partial charge is 0.123 e. The first kappa shape index (κ1) is 11.3. The molecule has 0 N–H and O–H groups in total. The second-order valence-electron chi connectivity index (χ2n) is 4.80. The summed E-state index contributed by atoms with van der Waals surface area (Å²) in [6.45, 7) is 6.38. The molecule has 3 heteroatoms. The van der Waals surface area contributed by atoms with Gasteiger partial charge in [-0.15, -0.1) is 11.3 Å². The van der Waals surface area contributed by atoms with E-state index >= 15 is 0 Å². The van der Waals surface area contributed by atoms with Crippen molar-refractivity contribution >= 4 is 11.3 Å². The van der Waals surface area contributed by atoms with Crippen LogP contribution in [0.2, 0.25) is 0 Å². The summed E-state index contributed by atoms with van der Waals surface area (Å²) in [6.07, 6.45) is 0. The highest BCUT2D eigenvalue weighted by atomic mass is 32.1. The van der Waals surface area contributed by atoms with Crippen molar-refractivity contribution in [3.8, 4) is 11.3 Å². The van der Waals surface area contributed by atoms with Gasteiger partial charge in [-0.05, 0) is 12.1 Å².